The van der Waals surface area contributed by atoms with Gasteiger partial charge in [0.05, 0.1) is 6.61 Å². The van der Waals surface area contributed by atoms with E-state index in [0.29, 0.717) is 24.0 Å². The van der Waals surface area contributed by atoms with Gasteiger partial charge in [-0.2, -0.15) is 5.26 Å². The predicted molar refractivity (Wildman–Crippen MR) is 94.2 cm³/mol. The summed E-state index contributed by atoms with van der Waals surface area (Å²) < 4.78 is 11.1. The summed E-state index contributed by atoms with van der Waals surface area (Å²) in [5.41, 5.74) is -0.00445. The highest BCUT2D eigenvalue weighted by molar-refractivity contribution is 5.68. The molecule has 0 aromatic carbocycles. The van der Waals surface area contributed by atoms with Crippen molar-refractivity contribution < 1.29 is 14.3 Å². The first-order valence-electron chi connectivity index (χ1n) is 8.85. The standard InChI is InChI=1S/C19H27N3O3/c1-19(2,3)25-18(23)22-11-5-7-15(14-22)8-6-12-24-17-16(13-20)9-4-10-21-17/h4,9-10,15H,5-8,11-12,14H2,1-3H3/t15-/m1/s1. The second-order valence-corrected chi connectivity index (χ2v) is 7.39. The van der Waals surface area contributed by atoms with Crippen molar-refractivity contribution in [2.24, 2.45) is 5.92 Å². The number of amides is 1. The van der Waals surface area contributed by atoms with Crippen molar-refractivity contribution in [2.75, 3.05) is 19.7 Å². The number of aromatic nitrogens is 1. The molecule has 136 valence electrons. The molecule has 0 saturated carbocycles. The third kappa shape index (κ3) is 6.26. The van der Waals surface area contributed by atoms with Crippen molar-refractivity contribution in [3.63, 3.8) is 0 Å². The topological polar surface area (TPSA) is 75.4 Å². The molecule has 0 N–H and O–H groups in total. The van der Waals surface area contributed by atoms with E-state index in [-0.39, 0.29) is 6.09 Å². The molecule has 6 nitrogen and oxygen atoms in total. The Morgan fingerprint density at radius 2 is 2.28 bits per heavy atom. The molecule has 1 fully saturated rings. The van der Waals surface area contributed by atoms with Crippen molar-refractivity contribution in [3.05, 3.63) is 23.9 Å². The first-order valence-corrected chi connectivity index (χ1v) is 8.85. The highest BCUT2D eigenvalue weighted by Crippen LogP contribution is 2.23. The molecule has 1 aliphatic heterocycles. The average Bonchev–Trinajstić information content (AvgIpc) is 2.58. The highest BCUT2D eigenvalue weighted by Gasteiger charge is 2.27. The van der Waals surface area contributed by atoms with Gasteiger partial charge in [-0.3, -0.25) is 0 Å². The number of rotatable bonds is 5. The van der Waals surface area contributed by atoms with E-state index in [1.807, 2.05) is 25.7 Å². The maximum Gasteiger partial charge on any atom is 0.410 e. The fourth-order valence-electron chi connectivity index (χ4n) is 2.92. The lowest BCUT2D eigenvalue weighted by atomic mass is 9.94. The normalized spacial score (nSPS) is 17.7. The molecule has 0 aliphatic carbocycles. The van der Waals surface area contributed by atoms with Crippen LogP contribution in [0.15, 0.2) is 18.3 Å². The summed E-state index contributed by atoms with van der Waals surface area (Å²) in [5.74, 6) is 0.855. The molecular formula is C19H27N3O3. The van der Waals surface area contributed by atoms with Gasteiger partial charge in [-0.05, 0) is 64.5 Å². The van der Waals surface area contributed by atoms with Gasteiger partial charge in [0.2, 0.25) is 5.88 Å². The smallest absolute Gasteiger partial charge is 0.410 e. The average molecular weight is 345 g/mol. The van der Waals surface area contributed by atoms with Crippen LogP contribution in [0, 0.1) is 17.2 Å². The molecule has 1 aromatic heterocycles. The second-order valence-electron chi connectivity index (χ2n) is 7.39. The van der Waals surface area contributed by atoms with Crippen LogP contribution >= 0.6 is 0 Å². The van der Waals surface area contributed by atoms with Crippen molar-refractivity contribution in [1.29, 1.82) is 5.26 Å². The van der Waals surface area contributed by atoms with E-state index in [9.17, 15) is 4.79 Å². The van der Waals surface area contributed by atoms with E-state index in [0.717, 1.165) is 38.8 Å². The summed E-state index contributed by atoms with van der Waals surface area (Å²) in [6.07, 6.45) is 5.37. The summed E-state index contributed by atoms with van der Waals surface area (Å²) in [7, 11) is 0. The van der Waals surface area contributed by atoms with Gasteiger partial charge >= 0.3 is 6.09 Å². The zero-order valence-electron chi connectivity index (χ0n) is 15.3. The Kier molecular flexibility index (Phi) is 6.63. The van der Waals surface area contributed by atoms with E-state index < -0.39 is 5.60 Å². The van der Waals surface area contributed by atoms with Gasteiger partial charge in [-0.25, -0.2) is 9.78 Å². The van der Waals surface area contributed by atoms with Gasteiger partial charge in [0.25, 0.3) is 0 Å². The van der Waals surface area contributed by atoms with Gasteiger partial charge in [0.1, 0.15) is 17.2 Å². The molecule has 0 bridgehead atoms. The molecule has 1 aromatic rings. The summed E-state index contributed by atoms with van der Waals surface area (Å²) in [5, 5.41) is 9.02. The van der Waals surface area contributed by atoms with Crippen LogP contribution in [-0.2, 0) is 4.74 Å². The zero-order valence-corrected chi connectivity index (χ0v) is 15.3. The third-order valence-electron chi connectivity index (χ3n) is 4.06. The Hall–Kier alpha value is -2.29. The lowest BCUT2D eigenvalue weighted by Crippen LogP contribution is -2.42. The molecule has 25 heavy (non-hydrogen) atoms. The number of piperidine rings is 1. The number of ether oxygens (including phenoxy) is 2. The predicted octanol–water partition coefficient (Wildman–Crippen LogP) is 3.76. The van der Waals surface area contributed by atoms with Crippen LogP contribution in [0.2, 0.25) is 0 Å². The van der Waals surface area contributed by atoms with E-state index in [1.54, 1.807) is 18.3 Å². The van der Waals surface area contributed by atoms with Crippen molar-refractivity contribution in [3.8, 4) is 11.9 Å². The van der Waals surface area contributed by atoms with Crippen LogP contribution in [0.4, 0.5) is 4.79 Å². The lowest BCUT2D eigenvalue weighted by molar-refractivity contribution is 0.0159. The number of hydrogen-bond donors (Lipinski definition) is 0. The van der Waals surface area contributed by atoms with Crippen LogP contribution in [0.25, 0.3) is 0 Å². The summed E-state index contributed by atoms with van der Waals surface area (Å²) in [6, 6.07) is 5.49. The van der Waals surface area contributed by atoms with Crippen LogP contribution in [-0.4, -0.2) is 41.3 Å². The molecule has 1 amide bonds. The molecule has 2 rings (SSSR count). The van der Waals surface area contributed by atoms with Crippen LogP contribution in [0.3, 0.4) is 0 Å². The fourth-order valence-corrected chi connectivity index (χ4v) is 2.92. The molecule has 0 radical (unpaired) electrons. The molecular weight excluding hydrogens is 318 g/mol. The molecule has 1 saturated heterocycles. The number of carbonyl (C=O) groups is 1. The lowest BCUT2D eigenvalue weighted by Gasteiger charge is -2.34. The van der Waals surface area contributed by atoms with Crippen LogP contribution < -0.4 is 4.74 Å². The van der Waals surface area contributed by atoms with Crippen LogP contribution in [0.5, 0.6) is 5.88 Å². The van der Waals surface area contributed by atoms with Gasteiger partial charge < -0.3 is 14.4 Å². The molecule has 6 heteroatoms. The van der Waals surface area contributed by atoms with Gasteiger partial charge in [-0.15, -0.1) is 0 Å². The first-order chi connectivity index (χ1) is 11.9. The number of hydrogen-bond acceptors (Lipinski definition) is 5. The second kappa shape index (κ2) is 8.70. The van der Waals surface area contributed by atoms with E-state index in [4.69, 9.17) is 14.7 Å². The number of carbonyl (C=O) groups excluding carboxylic acids is 1. The molecule has 0 spiro atoms. The maximum atomic E-state index is 12.2. The highest BCUT2D eigenvalue weighted by atomic mass is 16.6. The van der Waals surface area contributed by atoms with E-state index >= 15 is 0 Å². The Morgan fingerprint density at radius 3 is 3.00 bits per heavy atom. The van der Waals surface area contributed by atoms with Gasteiger partial charge in [0, 0.05) is 19.3 Å². The minimum atomic E-state index is -0.459. The zero-order chi connectivity index (χ0) is 18.3. The Morgan fingerprint density at radius 1 is 1.48 bits per heavy atom. The number of likely N-dealkylation sites (tertiary alicyclic amines) is 1. The minimum Gasteiger partial charge on any atom is -0.477 e. The van der Waals surface area contributed by atoms with E-state index in [1.165, 1.54) is 0 Å². The van der Waals surface area contributed by atoms with Gasteiger partial charge in [-0.1, -0.05) is 0 Å². The van der Waals surface area contributed by atoms with Gasteiger partial charge in [0.15, 0.2) is 0 Å². The minimum absolute atomic E-state index is 0.222. The molecule has 1 atom stereocenters. The fraction of sp³-hybridized carbons (Fsp3) is 0.632. The molecule has 0 unspecified atom stereocenters. The van der Waals surface area contributed by atoms with Crippen molar-refractivity contribution in [1.82, 2.24) is 9.88 Å². The molecule has 2 heterocycles. The Labute approximate surface area is 149 Å². The van der Waals surface area contributed by atoms with E-state index in [2.05, 4.69) is 11.1 Å². The summed E-state index contributed by atoms with van der Waals surface area (Å²) in [4.78, 5) is 18.1. The number of nitriles is 1. The van der Waals surface area contributed by atoms with Crippen molar-refractivity contribution >= 4 is 6.09 Å². The quantitative estimate of drug-likeness (QED) is 0.760. The Balaban J connectivity index is 1.74. The number of pyridine rings is 1. The largest absolute Gasteiger partial charge is 0.477 e. The Bertz CT molecular complexity index is 619. The first kappa shape index (κ1) is 19.0. The number of nitrogens with zero attached hydrogens (tertiary/aromatic N) is 3. The summed E-state index contributed by atoms with van der Waals surface area (Å²) in [6.45, 7) is 7.68. The third-order valence-corrected chi connectivity index (χ3v) is 4.06. The van der Waals surface area contributed by atoms with Crippen LogP contribution in [0.1, 0.15) is 52.0 Å². The SMILES string of the molecule is CC(C)(C)OC(=O)N1CCC[C@H](CCCOc2ncccc2C#N)C1. The molecule has 1 aliphatic rings. The summed E-state index contributed by atoms with van der Waals surface area (Å²) >= 11 is 0. The monoisotopic (exact) mass is 345 g/mol. The maximum absolute atomic E-state index is 12.2. The van der Waals surface area contributed by atoms with Crippen molar-refractivity contribution in [2.45, 2.75) is 52.1 Å².